The molecule has 0 aliphatic carbocycles. The second-order valence-electron chi connectivity index (χ2n) is 4.17. The summed E-state index contributed by atoms with van der Waals surface area (Å²) in [5, 5.41) is 0.947. The fraction of sp³-hybridized carbons (Fsp3) is 0.143. The summed E-state index contributed by atoms with van der Waals surface area (Å²) in [5.74, 6) is 0. The third-order valence-corrected chi connectivity index (χ3v) is 3.80. The summed E-state index contributed by atoms with van der Waals surface area (Å²) in [4.78, 5) is 0. The van der Waals surface area contributed by atoms with Gasteiger partial charge in [0.1, 0.15) is 0 Å². The van der Waals surface area contributed by atoms with Crippen molar-refractivity contribution in [2.75, 3.05) is 0 Å². The van der Waals surface area contributed by atoms with Gasteiger partial charge < -0.3 is 0 Å². The molecule has 2 rings (SSSR count). The third-order valence-electron chi connectivity index (χ3n) is 2.72. The summed E-state index contributed by atoms with van der Waals surface area (Å²) < 4.78 is 39.5. The molecule has 2 aromatic carbocycles. The minimum Gasteiger partial charge on any atom is -0.166 e. The van der Waals surface area contributed by atoms with Crippen molar-refractivity contribution in [1.29, 1.82) is 0 Å². The molecule has 0 aromatic heterocycles. The zero-order valence-electron chi connectivity index (χ0n) is 9.94. The van der Waals surface area contributed by atoms with E-state index in [4.69, 9.17) is 23.2 Å². The summed E-state index contributed by atoms with van der Waals surface area (Å²) in [7, 11) is 0. The topological polar surface area (TPSA) is 0 Å². The summed E-state index contributed by atoms with van der Waals surface area (Å²) in [6.45, 7) is 0. The fourth-order valence-electron chi connectivity index (χ4n) is 1.87. The molecule has 2 aromatic rings. The lowest BCUT2D eigenvalue weighted by molar-refractivity contribution is -0.137. The van der Waals surface area contributed by atoms with Gasteiger partial charge in [-0.25, -0.2) is 0 Å². The van der Waals surface area contributed by atoms with Gasteiger partial charge in [-0.2, -0.15) is 13.2 Å². The maximum absolute atomic E-state index is 13.2. The Balaban J connectivity index is 2.67. The van der Waals surface area contributed by atoms with E-state index in [0.717, 1.165) is 6.07 Å². The van der Waals surface area contributed by atoms with E-state index >= 15 is 0 Å². The van der Waals surface area contributed by atoms with Crippen molar-refractivity contribution in [2.45, 2.75) is 11.5 Å². The smallest absolute Gasteiger partial charge is 0.166 e. The molecule has 20 heavy (non-hydrogen) atoms. The summed E-state index contributed by atoms with van der Waals surface area (Å²) >= 11 is 14.9. The number of hydrogen-bond acceptors (Lipinski definition) is 0. The molecule has 0 saturated carbocycles. The average Bonchev–Trinajstić information content (AvgIpc) is 2.35. The van der Waals surface area contributed by atoms with E-state index in [1.54, 1.807) is 6.07 Å². The average molecular weight is 384 g/mol. The molecule has 6 heteroatoms. The van der Waals surface area contributed by atoms with Crippen LogP contribution >= 0.6 is 39.1 Å². The molecule has 0 saturated heterocycles. The van der Waals surface area contributed by atoms with Gasteiger partial charge in [-0.15, -0.1) is 0 Å². The van der Waals surface area contributed by atoms with Gasteiger partial charge in [0.2, 0.25) is 0 Å². The maximum Gasteiger partial charge on any atom is 0.417 e. The van der Waals surface area contributed by atoms with E-state index in [1.165, 1.54) is 24.3 Å². The SMILES string of the molecule is FC(F)(F)c1cc(CBr)ccc1-c1cc(Cl)cc(Cl)c1. The Morgan fingerprint density at radius 2 is 1.55 bits per heavy atom. The quantitative estimate of drug-likeness (QED) is 0.514. The molecule has 0 radical (unpaired) electrons. The largest absolute Gasteiger partial charge is 0.417 e. The Morgan fingerprint density at radius 3 is 2.05 bits per heavy atom. The number of hydrogen-bond donors (Lipinski definition) is 0. The van der Waals surface area contributed by atoms with Gasteiger partial charge in [-0.05, 0) is 41.0 Å². The van der Waals surface area contributed by atoms with Crippen molar-refractivity contribution in [3.63, 3.8) is 0 Å². The van der Waals surface area contributed by atoms with Gasteiger partial charge in [0, 0.05) is 15.4 Å². The van der Waals surface area contributed by atoms with Gasteiger partial charge in [-0.3, -0.25) is 0 Å². The lowest BCUT2D eigenvalue weighted by Gasteiger charge is -2.15. The second kappa shape index (κ2) is 5.96. The summed E-state index contributed by atoms with van der Waals surface area (Å²) in [5.41, 5.74) is 0.254. The van der Waals surface area contributed by atoms with Crippen LogP contribution in [0.15, 0.2) is 36.4 Å². The van der Waals surface area contributed by atoms with Crippen LogP contribution in [0.5, 0.6) is 0 Å². The van der Waals surface area contributed by atoms with Crippen molar-refractivity contribution in [3.05, 3.63) is 57.6 Å². The number of alkyl halides is 4. The van der Waals surface area contributed by atoms with Gasteiger partial charge in [0.05, 0.1) is 5.56 Å². The van der Waals surface area contributed by atoms with Crippen molar-refractivity contribution in [3.8, 4) is 11.1 Å². The van der Waals surface area contributed by atoms with Crippen LogP contribution in [-0.4, -0.2) is 0 Å². The highest BCUT2D eigenvalue weighted by atomic mass is 79.9. The molecule has 0 bridgehead atoms. The molecule has 106 valence electrons. The normalized spacial score (nSPS) is 11.7. The fourth-order valence-corrected chi connectivity index (χ4v) is 2.74. The summed E-state index contributed by atoms with van der Waals surface area (Å²) in [6, 6.07) is 8.60. The second-order valence-corrected chi connectivity index (χ2v) is 5.60. The Labute approximate surface area is 132 Å². The van der Waals surface area contributed by atoms with Crippen LogP contribution in [0, 0.1) is 0 Å². The highest BCUT2D eigenvalue weighted by Gasteiger charge is 2.34. The highest BCUT2D eigenvalue weighted by Crippen LogP contribution is 2.39. The predicted octanol–water partition coefficient (Wildman–Crippen LogP) is 6.57. The number of benzene rings is 2. The molecule has 0 N–H and O–H groups in total. The Bertz CT molecular complexity index is 619. The van der Waals surface area contributed by atoms with E-state index in [9.17, 15) is 13.2 Å². The predicted molar refractivity (Wildman–Crippen MR) is 79.5 cm³/mol. The van der Waals surface area contributed by atoms with Gasteiger partial charge in [-0.1, -0.05) is 51.3 Å². The van der Waals surface area contributed by atoms with E-state index in [2.05, 4.69) is 15.9 Å². The first-order valence-corrected chi connectivity index (χ1v) is 7.41. The Hall–Kier alpha value is -0.710. The molecule has 0 aliphatic rings. The van der Waals surface area contributed by atoms with Crippen LogP contribution in [0.1, 0.15) is 11.1 Å². The van der Waals surface area contributed by atoms with E-state index < -0.39 is 11.7 Å². The first kappa shape index (κ1) is 15.7. The van der Waals surface area contributed by atoms with E-state index in [1.807, 2.05) is 0 Å². The van der Waals surface area contributed by atoms with Crippen molar-refractivity contribution >= 4 is 39.1 Å². The first-order chi connectivity index (χ1) is 9.31. The van der Waals surface area contributed by atoms with Crippen LogP contribution in [0.3, 0.4) is 0 Å². The number of rotatable bonds is 2. The standard InChI is InChI=1S/C14H8BrCl2F3/c15-7-8-1-2-12(13(3-8)14(18,19)20)9-4-10(16)6-11(17)5-9/h1-6H,7H2. The molecule has 0 heterocycles. The molecule has 0 nitrogen and oxygen atoms in total. The van der Waals surface area contributed by atoms with Crippen molar-refractivity contribution < 1.29 is 13.2 Å². The van der Waals surface area contributed by atoms with Gasteiger partial charge in [0.25, 0.3) is 0 Å². The molecular formula is C14H8BrCl2F3. The zero-order valence-corrected chi connectivity index (χ0v) is 13.0. The lowest BCUT2D eigenvalue weighted by atomic mass is 9.97. The van der Waals surface area contributed by atoms with Crippen molar-refractivity contribution in [1.82, 2.24) is 0 Å². The minimum atomic E-state index is -4.44. The molecule has 0 unspecified atom stereocenters. The van der Waals surface area contributed by atoms with E-state index in [-0.39, 0.29) is 5.56 Å². The molecule has 0 spiro atoms. The van der Waals surface area contributed by atoms with Gasteiger partial charge >= 0.3 is 6.18 Å². The molecule has 0 aliphatic heterocycles. The maximum atomic E-state index is 13.2. The molecule has 0 amide bonds. The Morgan fingerprint density at radius 1 is 0.950 bits per heavy atom. The van der Waals surface area contributed by atoms with Gasteiger partial charge in [0.15, 0.2) is 0 Å². The highest BCUT2D eigenvalue weighted by molar-refractivity contribution is 9.08. The third kappa shape index (κ3) is 3.48. The van der Waals surface area contributed by atoms with Crippen LogP contribution in [-0.2, 0) is 11.5 Å². The van der Waals surface area contributed by atoms with Crippen LogP contribution in [0.4, 0.5) is 13.2 Å². The zero-order chi connectivity index (χ0) is 14.9. The molecule has 0 atom stereocenters. The summed E-state index contributed by atoms with van der Waals surface area (Å²) in [6.07, 6.45) is -4.44. The monoisotopic (exact) mass is 382 g/mol. The van der Waals surface area contributed by atoms with Crippen LogP contribution in [0.25, 0.3) is 11.1 Å². The molecular weight excluding hydrogens is 376 g/mol. The van der Waals surface area contributed by atoms with Crippen LogP contribution in [0.2, 0.25) is 10.0 Å². The van der Waals surface area contributed by atoms with E-state index in [0.29, 0.717) is 26.5 Å². The number of halogens is 6. The first-order valence-electron chi connectivity index (χ1n) is 5.54. The van der Waals surface area contributed by atoms with Crippen LogP contribution < -0.4 is 0 Å². The minimum absolute atomic E-state index is 0.0617. The molecule has 0 fully saturated rings. The lowest BCUT2D eigenvalue weighted by Crippen LogP contribution is -2.08. The Kier molecular flexibility index (Phi) is 4.67. The van der Waals surface area contributed by atoms with Crippen molar-refractivity contribution in [2.24, 2.45) is 0 Å².